The Morgan fingerprint density at radius 3 is 2.57 bits per heavy atom. The van der Waals surface area contributed by atoms with Gasteiger partial charge in [0.15, 0.2) is 0 Å². The van der Waals surface area contributed by atoms with Gasteiger partial charge in [0.05, 0.1) is 5.52 Å². The molecule has 0 unspecified atom stereocenters. The Bertz CT molecular complexity index is 764. The van der Waals surface area contributed by atoms with E-state index in [0.717, 1.165) is 35.7 Å². The van der Waals surface area contributed by atoms with E-state index in [1.54, 1.807) is 6.07 Å². The lowest BCUT2D eigenvalue weighted by molar-refractivity contribution is -0.125. The van der Waals surface area contributed by atoms with Gasteiger partial charge in [0, 0.05) is 5.39 Å². The van der Waals surface area contributed by atoms with Crippen LogP contribution in [0.4, 0.5) is 0 Å². The average molecular weight is 311 g/mol. The number of hydrogen-bond acceptors (Lipinski definition) is 3. The van der Waals surface area contributed by atoms with Crippen molar-refractivity contribution in [1.29, 1.82) is 0 Å². The fourth-order valence-electron chi connectivity index (χ4n) is 3.34. The summed E-state index contributed by atoms with van der Waals surface area (Å²) in [6.45, 7) is 1.95. The molecule has 0 spiro atoms. The number of nitrogens with two attached hydrogens (primary N) is 1. The molecule has 0 bridgehead atoms. The van der Waals surface area contributed by atoms with Crippen molar-refractivity contribution in [2.75, 3.05) is 0 Å². The molecule has 0 aliphatic heterocycles. The first-order valence-electron chi connectivity index (χ1n) is 8.01. The third kappa shape index (κ3) is 2.91. The number of nitrogens with zero attached hydrogens (tertiary/aromatic N) is 1. The van der Waals surface area contributed by atoms with Crippen LogP contribution in [0, 0.1) is 6.92 Å². The standard InChI is InChI=1S/C18H21N3O2/c1-12-11-15(20-14-8-4-3-7-13(12)14)16(22)21-18(17(19)23)9-5-2-6-10-18/h3-4,7-8,11H,2,5-6,9-10H2,1H3,(H2,19,23)(H,21,22). The number of rotatable bonds is 3. The van der Waals surface area contributed by atoms with Crippen LogP contribution in [0.2, 0.25) is 0 Å². The molecule has 23 heavy (non-hydrogen) atoms. The molecule has 2 aromatic rings. The van der Waals surface area contributed by atoms with Crippen molar-refractivity contribution in [3.63, 3.8) is 0 Å². The molecule has 3 rings (SSSR count). The number of carbonyl (C=O) groups is 2. The van der Waals surface area contributed by atoms with Gasteiger partial charge in [0.2, 0.25) is 5.91 Å². The topological polar surface area (TPSA) is 85.1 Å². The van der Waals surface area contributed by atoms with Crippen LogP contribution >= 0.6 is 0 Å². The maximum atomic E-state index is 12.6. The SMILES string of the molecule is Cc1cc(C(=O)NC2(C(N)=O)CCCCC2)nc2ccccc12. The first-order valence-corrected chi connectivity index (χ1v) is 8.01. The summed E-state index contributed by atoms with van der Waals surface area (Å²) in [6.07, 6.45) is 4.06. The smallest absolute Gasteiger partial charge is 0.270 e. The molecular formula is C18H21N3O2. The molecule has 5 nitrogen and oxygen atoms in total. The number of primary amides is 1. The second-order valence-electron chi connectivity index (χ2n) is 6.30. The Morgan fingerprint density at radius 2 is 1.87 bits per heavy atom. The Balaban J connectivity index is 1.92. The van der Waals surface area contributed by atoms with Crippen molar-refractivity contribution in [3.05, 3.63) is 41.6 Å². The van der Waals surface area contributed by atoms with Crippen LogP contribution in [-0.2, 0) is 4.79 Å². The van der Waals surface area contributed by atoms with Gasteiger partial charge in [-0.15, -0.1) is 0 Å². The lowest BCUT2D eigenvalue weighted by Crippen LogP contribution is -2.58. The van der Waals surface area contributed by atoms with Crippen molar-refractivity contribution < 1.29 is 9.59 Å². The van der Waals surface area contributed by atoms with Gasteiger partial charge in [0.25, 0.3) is 5.91 Å². The zero-order valence-electron chi connectivity index (χ0n) is 13.3. The van der Waals surface area contributed by atoms with E-state index in [-0.39, 0.29) is 5.91 Å². The van der Waals surface area contributed by atoms with Crippen molar-refractivity contribution in [3.8, 4) is 0 Å². The molecule has 3 N–H and O–H groups in total. The highest BCUT2D eigenvalue weighted by molar-refractivity contribution is 5.99. The van der Waals surface area contributed by atoms with E-state index in [0.29, 0.717) is 18.5 Å². The van der Waals surface area contributed by atoms with Crippen LogP contribution in [0.15, 0.2) is 30.3 Å². The van der Waals surface area contributed by atoms with E-state index in [4.69, 9.17) is 5.73 Å². The predicted molar refractivity (Wildman–Crippen MR) is 89.0 cm³/mol. The summed E-state index contributed by atoms with van der Waals surface area (Å²) < 4.78 is 0. The third-order valence-corrected chi connectivity index (χ3v) is 4.69. The van der Waals surface area contributed by atoms with Gasteiger partial charge in [-0.25, -0.2) is 4.98 Å². The van der Waals surface area contributed by atoms with Gasteiger partial charge in [-0.3, -0.25) is 9.59 Å². The highest BCUT2D eigenvalue weighted by atomic mass is 16.2. The van der Waals surface area contributed by atoms with Crippen LogP contribution in [0.25, 0.3) is 10.9 Å². The van der Waals surface area contributed by atoms with Gasteiger partial charge in [-0.1, -0.05) is 37.5 Å². The van der Waals surface area contributed by atoms with Gasteiger partial charge >= 0.3 is 0 Å². The zero-order valence-corrected chi connectivity index (χ0v) is 13.3. The fraction of sp³-hybridized carbons (Fsp3) is 0.389. The van der Waals surface area contributed by atoms with Crippen molar-refractivity contribution in [2.45, 2.75) is 44.6 Å². The quantitative estimate of drug-likeness (QED) is 0.913. The number of benzene rings is 1. The van der Waals surface area contributed by atoms with E-state index in [9.17, 15) is 9.59 Å². The number of aromatic nitrogens is 1. The molecule has 1 fully saturated rings. The van der Waals surface area contributed by atoms with E-state index >= 15 is 0 Å². The van der Waals surface area contributed by atoms with Crippen molar-refractivity contribution in [2.24, 2.45) is 5.73 Å². The molecule has 1 aliphatic rings. The van der Waals surface area contributed by atoms with E-state index in [2.05, 4.69) is 10.3 Å². The molecule has 1 aliphatic carbocycles. The van der Waals surface area contributed by atoms with Crippen LogP contribution < -0.4 is 11.1 Å². The largest absolute Gasteiger partial charge is 0.368 e. The minimum Gasteiger partial charge on any atom is -0.368 e. The molecular weight excluding hydrogens is 290 g/mol. The molecule has 0 atom stereocenters. The summed E-state index contributed by atoms with van der Waals surface area (Å²) in [5.74, 6) is -0.789. The minimum absolute atomic E-state index is 0.326. The summed E-state index contributed by atoms with van der Waals surface area (Å²) in [7, 11) is 0. The Hall–Kier alpha value is -2.43. The number of fused-ring (bicyclic) bond motifs is 1. The van der Waals surface area contributed by atoms with E-state index in [1.165, 1.54) is 0 Å². The maximum absolute atomic E-state index is 12.6. The summed E-state index contributed by atoms with van der Waals surface area (Å²) in [4.78, 5) is 29.0. The van der Waals surface area contributed by atoms with Gasteiger partial charge in [-0.2, -0.15) is 0 Å². The third-order valence-electron chi connectivity index (χ3n) is 4.69. The first kappa shape index (κ1) is 15.5. The fourth-order valence-corrected chi connectivity index (χ4v) is 3.34. The van der Waals surface area contributed by atoms with Crippen molar-refractivity contribution >= 4 is 22.7 Å². The number of nitrogens with one attached hydrogen (secondary N) is 1. The summed E-state index contributed by atoms with van der Waals surface area (Å²) in [6, 6.07) is 9.45. The van der Waals surface area contributed by atoms with Gasteiger partial charge < -0.3 is 11.1 Å². The molecule has 5 heteroatoms. The Morgan fingerprint density at radius 1 is 1.17 bits per heavy atom. The number of carbonyl (C=O) groups excluding carboxylic acids is 2. The molecule has 1 aromatic carbocycles. The van der Waals surface area contributed by atoms with Gasteiger partial charge in [0.1, 0.15) is 11.2 Å². The summed E-state index contributed by atoms with van der Waals surface area (Å²) in [5.41, 5.74) is 6.72. The summed E-state index contributed by atoms with van der Waals surface area (Å²) >= 11 is 0. The molecule has 120 valence electrons. The number of pyridine rings is 1. The molecule has 1 aromatic heterocycles. The second kappa shape index (κ2) is 5.99. The van der Waals surface area contributed by atoms with Crippen molar-refractivity contribution in [1.82, 2.24) is 10.3 Å². The van der Waals surface area contributed by atoms with Crippen LogP contribution in [0.1, 0.15) is 48.2 Å². The minimum atomic E-state index is -0.934. The lowest BCUT2D eigenvalue weighted by Gasteiger charge is -2.34. The molecule has 1 saturated carbocycles. The highest BCUT2D eigenvalue weighted by Gasteiger charge is 2.39. The Labute approximate surface area is 135 Å². The summed E-state index contributed by atoms with van der Waals surface area (Å²) in [5, 5.41) is 3.88. The maximum Gasteiger partial charge on any atom is 0.270 e. The van der Waals surface area contributed by atoms with Crippen LogP contribution in [-0.4, -0.2) is 22.3 Å². The van der Waals surface area contributed by atoms with Gasteiger partial charge in [-0.05, 0) is 37.5 Å². The number of para-hydroxylation sites is 1. The molecule has 1 heterocycles. The first-order chi connectivity index (χ1) is 11.0. The zero-order chi connectivity index (χ0) is 16.4. The lowest BCUT2D eigenvalue weighted by atomic mass is 9.81. The van der Waals surface area contributed by atoms with Crippen LogP contribution in [0.3, 0.4) is 0 Å². The monoisotopic (exact) mass is 311 g/mol. The average Bonchev–Trinajstić information content (AvgIpc) is 2.55. The molecule has 2 amide bonds. The molecule has 0 radical (unpaired) electrons. The highest BCUT2D eigenvalue weighted by Crippen LogP contribution is 2.28. The van der Waals surface area contributed by atoms with E-state index in [1.807, 2.05) is 31.2 Å². The van der Waals surface area contributed by atoms with Crippen LogP contribution in [0.5, 0.6) is 0 Å². The normalized spacial score (nSPS) is 16.9. The number of aryl methyl sites for hydroxylation is 1. The van der Waals surface area contributed by atoms with E-state index < -0.39 is 11.4 Å². The predicted octanol–water partition coefficient (Wildman–Crippen LogP) is 2.46. The molecule has 0 saturated heterocycles. The number of hydrogen-bond donors (Lipinski definition) is 2. The Kier molecular flexibility index (Phi) is 4.03. The number of amides is 2. The second-order valence-corrected chi connectivity index (χ2v) is 6.30.